The summed E-state index contributed by atoms with van der Waals surface area (Å²) < 4.78 is 5.22. The molecule has 2 aromatic rings. The normalized spacial score (nSPS) is 19.3. The maximum absolute atomic E-state index is 12.6. The number of hydrogen-bond acceptors (Lipinski definition) is 4. The Morgan fingerprint density at radius 3 is 2.62 bits per heavy atom. The molecule has 136 valence electrons. The van der Waals surface area contributed by atoms with Crippen molar-refractivity contribution in [3.05, 3.63) is 59.7 Å². The van der Waals surface area contributed by atoms with Gasteiger partial charge in [0, 0.05) is 24.6 Å². The summed E-state index contributed by atoms with van der Waals surface area (Å²) in [4.78, 5) is 25.9. The van der Waals surface area contributed by atoms with Gasteiger partial charge in [-0.25, -0.2) is 0 Å². The van der Waals surface area contributed by atoms with Gasteiger partial charge < -0.3 is 19.8 Å². The fourth-order valence-electron chi connectivity index (χ4n) is 3.40. The number of para-hydroxylation sites is 1. The van der Waals surface area contributed by atoms with Gasteiger partial charge in [0.25, 0.3) is 0 Å². The van der Waals surface area contributed by atoms with Crippen LogP contribution in [0.3, 0.4) is 0 Å². The predicted octanol–water partition coefficient (Wildman–Crippen LogP) is 2.27. The molecule has 0 spiro atoms. The van der Waals surface area contributed by atoms with E-state index in [4.69, 9.17) is 4.74 Å². The maximum atomic E-state index is 12.6. The molecule has 26 heavy (non-hydrogen) atoms. The molecule has 2 atom stereocenters. The van der Waals surface area contributed by atoms with E-state index in [2.05, 4.69) is 0 Å². The zero-order chi connectivity index (χ0) is 18.7. The number of amides is 1. The van der Waals surface area contributed by atoms with Crippen molar-refractivity contribution < 1.29 is 24.5 Å². The number of phenols is 1. The fourth-order valence-corrected chi connectivity index (χ4v) is 3.40. The number of phenolic OH excluding ortho intramolecular Hbond substituents is 1. The summed E-state index contributed by atoms with van der Waals surface area (Å²) in [6, 6.07) is 14.0. The second-order valence-electron chi connectivity index (χ2n) is 6.43. The number of ether oxygens (including phenoxy) is 1. The van der Waals surface area contributed by atoms with Gasteiger partial charge in [0.05, 0.1) is 19.4 Å². The molecule has 2 N–H and O–H groups in total. The van der Waals surface area contributed by atoms with Crippen molar-refractivity contribution in [2.45, 2.75) is 12.3 Å². The molecular weight excluding hydrogens is 334 g/mol. The van der Waals surface area contributed by atoms with E-state index in [9.17, 15) is 19.8 Å². The second-order valence-corrected chi connectivity index (χ2v) is 6.43. The van der Waals surface area contributed by atoms with Gasteiger partial charge in [-0.1, -0.05) is 30.3 Å². The van der Waals surface area contributed by atoms with Crippen LogP contribution < -0.4 is 4.74 Å². The molecule has 6 heteroatoms. The van der Waals surface area contributed by atoms with E-state index in [1.54, 1.807) is 36.3 Å². The number of nitrogens with zero attached hydrogens (tertiary/aromatic N) is 1. The van der Waals surface area contributed by atoms with E-state index in [0.717, 1.165) is 5.56 Å². The summed E-state index contributed by atoms with van der Waals surface area (Å²) >= 11 is 0. The Hall–Kier alpha value is -3.02. The SMILES string of the molecule is COc1cccc([C@@H]2CN(C(=O)Cc3ccccc3O)C[C@H]2C(=O)O)c1. The highest BCUT2D eigenvalue weighted by Gasteiger charge is 2.40. The maximum Gasteiger partial charge on any atom is 0.308 e. The highest BCUT2D eigenvalue weighted by atomic mass is 16.5. The van der Waals surface area contributed by atoms with Crippen LogP contribution in [0.2, 0.25) is 0 Å². The summed E-state index contributed by atoms with van der Waals surface area (Å²) in [5.41, 5.74) is 1.38. The molecular formula is C20H21NO5. The Morgan fingerprint density at radius 2 is 1.92 bits per heavy atom. The first-order chi connectivity index (χ1) is 12.5. The van der Waals surface area contributed by atoms with Crippen LogP contribution in [0.1, 0.15) is 17.0 Å². The van der Waals surface area contributed by atoms with Crippen molar-refractivity contribution in [1.29, 1.82) is 0 Å². The minimum atomic E-state index is -0.921. The van der Waals surface area contributed by atoms with Gasteiger partial charge in [-0.05, 0) is 23.8 Å². The minimum Gasteiger partial charge on any atom is -0.508 e. The van der Waals surface area contributed by atoms with Crippen molar-refractivity contribution in [1.82, 2.24) is 4.90 Å². The Kier molecular flexibility index (Phi) is 5.11. The number of benzene rings is 2. The highest BCUT2D eigenvalue weighted by molar-refractivity contribution is 5.82. The number of rotatable bonds is 5. The van der Waals surface area contributed by atoms with Crippen LogP contribution in [-0.4, -0.2) is 47.2 Å². The summed E-state index contributed by atoms with van der Waals surface area (Å²) in [6.07, 6.45) is 0.0455. The van der Waals surface area contributed by atoms with Gasteiger partial charge in [-0.3, -0.25) is 9.59 Å². The number of hydrogen-bond donors (Lipinski definition) is 2. The molecule has 0 saturated carbocycles. The zero-order valence-corrected chi connectivity index (χ0v) is 14.5. The molecule has 2 aromatic carbocycles. The molecule has 3 rings (SSSR count). The second kappa shape index (κ2) is 7.47. The topological polar surface area (TPSA) is 87.1 Å². The first-order valence-corrected chi connectivity index (χ1v) is 8.41. The smallest absolute Gasteiger partial charge is 0.308 e. The van der Waals surface area contributed by atoms with Gasteiger partial charge in [0.1, 0.15) is 11.5 Å². The Balaban J connectivity index is 1.79. The number of aliphatic carboxylic acids is 1. The number of likely N-dealkylation sites (tertiary alicyclic amines) is 1. The third-order valence-corrected chi connectivity index (χ3v) is 4.85. The quantitative estimate of drug-likeness (QED) is 0.859. The van der Waals surface area contributed by atoms with Crippen LogP contribution in [-0.2, 0) is 16.0 Å². The average molecular weight is 355 g/mol. The van der Waals surface area contributed by atoms with Crippen molar-refractivity contribution in [2.24, 2.45) is 5.92 Å². The monoisotopic (exact) mass is 355 g/mol. The summed E-state index contributed by atoms with van der Waals surface area (Å²) in [5, 5.41) is 19.4. The number of carboxylic acids is 1. The number of carbonyl (C=O) groups is 2. The van der Waals surface area contributed by atoms with Crippen LogP contribution in [0.5, 0.6) is 11.5 Å². The van der Waals surface area contributed by atoms with Gasteiger partial charge in [-0.15, -0.1) is 0 Å². The predicted molar refractivity (Wildman–Crippen MR) is 95.3 cm³/mol. The van der Waals surface area contributed by atoms with Crippen molar-refractivity contribution in [3.63, 3.8) is 0 Å². The van der Waals surface area contributed by atoms with E-state index in [0.29, 0.717) is 17.9 Å². The Morgan fingerprint density at radius 1 is 1.15 bits per heavy atom. The molecule has 1 aliphatic rings. The lowest BCUT2D eigenvalue weighted by atomic mass is 9.89. The molecule has 1 saturated heterocycles. The largest absolute Gasteiger partial charge is 0.508 e. The standard InChI is InChI=1S/C20H21NO5/c1-26-15-7-4-6-13(9-15)16-11-21(12-17(16)20(24)25)19(23)10-14-5-2-3-8-18(14)22/h2-9,16-17,22H,10-12H2,1H3,(H,24,25)/t16-,17+/m0/s1. The number of carbonyl (C=O) groups excluding carboxylic acids is 1. The third kappa shape index (κ3) is 3.64. The number of aromatic hydroxyl groups is 1. The lowest BCUT2D eigenvalue weighted by Crippen LogP contribution is -2.31. The number of methoxy groups -OCH3 is 1. The Labute approximate surface area is 151 Å². The Bertz CT molecular complexity index is 819. The lowest BCUT2D eigenvalue weighted by Gasteiger charge is -2.17. The molecule has 0 aromatic heterocycles. The van der Waals surface area contributed by atoms with Crippen LogP contribution >= 0.6 is 0 Å². The zero-order valence-electron chi connectivity index (χ0n) is 14.5. The lowest BCUT2D eigenvalue weighted by molar-refractivity contribution is -0.141. The van der Waals surface area contributed by atoms with Crippen LogP contribution in [0.4, 0.5) is 0 Å². The number of carboxylic acid groups (broad SMARTS) is 1. The average Bonchev–Trinajstić information content (AvgIpc) is 3.09. The van der Waals surface area contributed by atoms with Gasteiger partial charge in [-0.2, -0.15) is 0 Å². The van der Waals surface area contributed by atoms with Gasteiger partial charge in [0.15, 0.2) is 0 Å². The molecule has 1 aliphatic heterocycles. The van der Waals surface area contributed by atoms with Crippen LogP contribution in [0.15, 0.2) is 48.5 Å². The summed E-state index contributed by atoms with van der Waals surface area (Å²) in [5.74, 6) is -1.35. The van der Waals surface area contributed by atoms with E-state index < -0.39 is 11.9 Å². The first-order valence-electron chi connectivity index (χ1n) is 8.41. The van der Waals surface area contributed by atoms with Gasteiger partial charge >= 0.3 is 5.97 Å². The van der Waals surface area contributed by atoms with E-state index >= 15 is 0 Å². The molecule has 0 aliphatic carbocycles. The van der Waals surface area contributed by atoms with Crippen LogP contribution in [0.25, 0.3) is 0 Å². The van der Waals surface area contributed by atoms with Gasteiger partial charge in [0.2, 0.25) is 5.91 Å². The van der Waals surface area contributed by atoms with Crippen molar-refractivity contribution >= 4 is 11.9 Å². The van der Waals surface area contributed by atoms with Crippen molar-refractivity contribution in [2.75, 3.05) is 20.2 Å². The van der Waals surface area contributed by atoms with Crippen molar-refractivity contribution in [3.8, 4) is 11.5 Å². The van der Waals surface area contributed by atoms with E-state index in [1.165, 1.54) is 6.07 Å². The summed E-state index contributed by atoms with van der Waals surface area (Å²) in [6.45, 7) is 0.486. The molecule has 6 nitrogen and oxygen atoms in total. The molecule has 1 amide bonds. The highest BCUT2D eigenvalue weighted by Crippen LogP contribution is 2.35. The van der Waals surface area contributed by atoms with E-state index in [-0.39, 0.29) is 30.5 Å². The molecule has 0 bridgehead atoms. The van der Waals surface area contributed by atoms with E-state index in [1.807, 2.05) is 18.2 Å². The molecule has 1 fully saturated rings. The summed E-state index contributed by atoms with van der Waals surface area (Å²) in [7, 11) is 1.56. The third-order valence-electron chi connectivity index (χ3n) is 4.85. The fraction of sp³-hybridized carbons (Fsp3) is 0.300. The molecule has 1 heterocycles. The minimum absolute atomic E-state index is 0.0455. The van der Waals surface area contributed by atoms with Crippen LogP contribution in [0, 0.1) is 5.92 Å². The molecule has 0 radical (unpaired) electrons. The molecule has 0 unspecified atom stereocenters. The first kappa shape index (κ1) is 17.8.